The summed E-state index contributed by atoms with van der Waals surface area (Å²) in [5.74, 6) is 4.31. The highest BCUT2D eigenvalue weighted by molar-refractivity contribution is 7.99. The van der Waals surface area contributed by atoms with E-state index in [1.807, 2.05) is 18.7 Å². The number of hydrogen-bond donors (Lipinski definition) is 1. The summed E-state index contributed by atoms with van der Waals surface area (Å²) >= 11 is 7.06. The van der Waals surface area contributed by atoms with Crippen molar-refractivity contribution in [2.24, 2.45) is 7.05 Å². The average Bonchev–Trinajstić information content (AvgIpc) is 2.74. The van der Waals surface area contributed by atoms with Crippen molar-refractivity contribution in [1.82, 2.24) is 19.3 Å². The molecule has 90 valence electrons. The number of imidazole rings is 1. The molecule has 0 radical (unpaired) electrons. The normalized spacial score (nSPS) is 10.9. The summed E-state index contributed by atoms with van der Waals surface area (Å²) in [7, 11) is 1.93. The maximum Gasteiger partial charge on any atom is 0.179 e. The van der Waals surface area contributed by atoms with Crippen molar-refractivity contribution in [2.45, 2.75) is 13.5 Å². The Labute approximate surface area is 109 Å². The van der Waals surface area contributed by atoms with Gasteiger partial charge in [-0.1, -0.05) is 5.92 Å². The van der Waals surface area contributed by atoms with Crippen LogP contribution in [0.15, 0.2) is 0 Å². The number of aromatic nitrogens is 4. The predicted molar refractivity (Wildman–Crippen MR) is 74.8 cm³/mol. The van der Waals surface area contributed by atoms with Gasteiger partial charge in [-0.3, -0.25) is 4.68 Å². The molecule has 0 aliphatic heterocycles. The molecule has 0 aliphatic rings. The zero-order chi connectivity index (χ0) is 12.4. The number of terminal acetylenes is 1. The number of nitrogens with one attached hydrogen (secondary N) is 1. The topological polar surface area (TPSA) is 38.5 Å². The fourth-order valence-corrected chi connectivity index (χ4v) is 2.72. The van der Waals surface area contributed by atoms with Crippen LogP contribution >= 0.6 is 24.0 Å². The summed E-state index contributed by atoms with van der Waals surface area (Å²) in [6.45, 7) is 2.83. The lowest BCUT2D eigenvalue weighted by atomic mass is 10.4. The fraction of sp³-hybridized carbons (Fsp3) is 0.455. The molecule has 0 fully saturated rings. The minimum Gasteiger partial charge on any atom is -0.328 e. The standard InChI is InChI=1S/C11H14N4S2/c1-4-6-17-7-5-15-10-9(12-11(15)16)8(2)13-14(10)3/h1H,5-7H2,2-3H3,(H,12,16). The van der Waals surface area contributed by atoms with E-state index in [4.69, 9.17) is 18.6 Å². The molecule has 0 bridgehead atoms. The number of aromatic amines is 1. The molecule has 0 aromatic carbocycles. The molecule has 0 aliphatic carbocycles. The van der Waals surface area contributed by atoms with Crippen LogP contribution in [0.1, 0.15) is 5.69 Å². The van der Waals surface area contributed by atoms with Crippen LogP contribution in [0.4, 0.5) is 0 Å². The van der Waals surface area contributed by atoms with E-state index in [-0.39, 0.29) is 0 Å². The highest BCUT2D eigenvalue weighted by atomic mass is 32.2. The highest BCUT2D eigenvalue weighted by Crippen LogP contribution is 2.17. The van der Waals surface area contributed by atoms with Crippen LogP contribution in [-0.2, 0) is 13.6 Å². The Balaban J connectivity index is 2.30. The molecular formula is C11H14N4S2. The van der Waals surface area contributed by atoms with Crippen LogP contribution in [-0.4, -0.2) is 30.8 Å². The van der Waals surface area contributed by atoms with Crippen LogP contribution in [0, 0.1) is 24.0 Å². The van der Waals surface area contributed by atoms with Crippen LogP contribution < -0.4 is 0 Å². The van der Waals surface area contributed by atoms with E-state index >= 15 is 0 Å². The van der Waals surface area contributed by atoms with Crippen molar-refractivity contribution in [2.75, 3.05) is 11.5 Å². The van der Waals surface area contributed by atoms with Gasteiger partial charge in [0.15, 0.2) is 10.4 Å². The monoisotopic (exact) mass is 266 g/mol. The van der Waals surface area contributed by atoms with E-state index in [2.05, 4.69) is 20.6 Å². The van der Waals surface area contributed by atoms with Crippen molar-refractivity contribution in [1.29, 1.82) is 0 Å². The summed E-state index contributed by atoms with van der Waals surface area (Å²) in [6, 6.07) is 0. The highest BCUT2D eigenvalue weighted by Gasteiger charge is 2.11. The van der Waals surface area contributed by atoms with Gasteiger partial charge >= 0.3 is 0 Å². The Morgan fingerprint density at radius 2 is 2.35 bits per heavy atom. The Morgan fingerprint density at radius 3 is 3.06 bits per heavy atom. The predicted octanol–water partition coefficient (Wildman–Crippen LogP) is 2.11. The van der Waals surface area contributed by atoms with Gasteiger partial charge in [-0.2, -0.15) is 5.10 Å². The van der Waals surface area contributed by atoms with Crippen molar-refractivity contribution in [3.05, 3.63) is 10.5 Å². The van der Waals surface area contributed by atoms with Gasteiger partial charge in [0.1, 0.15) is 5.52 Å². The van der Waals surface area contributed by atoms with Crippen LogP contribution in [0.25, 0.3) is 11.2 Å². The summed E-state index contributed by atoms with van der Waals surface area (Å²) in [4.78, 5) is 3.20. The smallest absolute Gasteiger partial charge is 0.179 e. The average molecular weight is 266 g/mol. The number of fused-ring (bicyclic) bond motifs is 1. The summed E-state index contributed by atoms with van der Waals surface area (Å²) in [5.41, 5.74) is 3.05. The number of aryl methyl sites for hydroxylation is 3. The third-order valence-corrected chi connectivity index (χ3v) is 3.73. The first-order valence-corrected chi connectivity index (χ1v) is 6.84. The molecule has 0 saturated carbocycles. The van der Waals surface area contributed by atoms with E-state index in [1.54, 1.807) is 11.8 Å². The minimum atomic E-state index is 0.741. The molecule has 6 heteroatoms. The van der Waals surface area contributed by atoms with Gasteiger partial charge in [0.2, 0.25) is 0 Å². The molecular weight excluding hydrogens is 252 g/mol. The Bertz CT molecular complexity index is 626. The minimum absolute atomic E-state index is 0.741. The third kappa shape index (κ3) is 2.26. The molecule has 2 aromatic heterocycles. The quantitative estimate of drug-likeness (QED) is 0.523. The molecule has 2 aromatic rings. The van der Waals surface area contributed by atoms with E-state index < -0.39 is 0 Å². The molecule has 0 atom stereocenters. The van der Waals surface area contributed by atoms with Crippen molar-refractivity contribution in [3.63, 3.8) is 0 Å². The first kappa shape index (κ1) is 12.3. The van der Waals surface area contributed by atoms with E-state index in [0.29, 0.717) is 0 Å². The maximum atomic E-state index is 5.32. The molecule has 2 rings (SSSR count). The van der Waals surface area contributed by atoms with Gasteiger partial charge in [-0.15, -0.1) is 18.2 Å². The second kappa shape index (κ2) is 4.98. The molecule has 0 amide bonds. The molecule has 2 heterocycles. The number of hydrogen-bond acceptors (Lipinski definition) is 3. The van der Waals surface area contributed by atoms with Crippen LogP contribution in [0.3, 0.4) is 0 Å². The SMILES string of the molecule is C#CCSCCn1c(=S)[nH]c2c(C)nn(C)c21. The lowest BCUT2D eigenvalue weighted by Gasteiger charge is -2.03. The van der Waals surface area contributed by atoms with Crippen LogP contribution in [0.5, 0.6) is 0 Å². The van der Waals surface area contributed by atoms with Crippen molar-refractivity contribution >= 4 is 35.1 Å². The van der Waals surface area contributed by atoms with Gasteiger partial charge in [-0.05, 0) is 19.1 Å². The first-order chi connectivity index (χ1) is 8.15. The lowest BCUT2D eigenvalue weighted by Crippen LogP contribution is -2.05. The second-order valence-corrected chi connectivity index (χ2v) is 5.24. The number of thioether (sulfide) groups is 1. The maximum absolute atomic E-state index is 5.32. The van der Waals surface area contributed by atoms with E-state index in [9.17, 15) is 0 Å². The fourth-order valence-electron chi connectivity index (χ4n) is 1.87. The molecule has 17 heavy (non-hydrogen) atoms. The first-order valence-electron chi connectivity index (χ1n) is 5.28. The Morgan fingerprint density at radius 1 is 1.59 bits per heavy atom. The van der Waals surface area contributed by atoms with Gasteiger partial charge in [0.25, 0.3) is 0 Å². The molecule has 0 unspecified atom stereocenters. The molecule has 4 nitrogen and oxygen atoms in total. The Kier molecular flexibility index (Phi) is 3.60. The molecule has 0 saturated heterocycles. The number of rotatable bonds is 4. The second-order valence-electron chi connectivity index (χ2n) is 3.75. The summed E-state index contributed by atoms with van der Waals surface area (Å²) in [6.07, 6.45) is 5.22. The van der Waals surface area contributed by atoms with Gasteiger partial charge in [0, 0.05) is 19.3 Å². The van der Waals surface area contributed by atoms with Gasteiger partial charge in [-0.25, -0.2) is 0 Å². The molecule has 1 N–H and O–H groups in total. The van der Waals surface area contributed by atoms with E-state index in [0.717, 1.165) is 39.7 Å². The Hall–Kier alpha value is -1.19. The summed E-state index contributed by atoms with van der Waals surface area (Å²) < 4.78 is 4.69. The van der Waals surface area contributed by atoms with Crippen LogP contribution in [0.2, 0.25) is 0 Å². The van der Waals surface area contributed by atoms with Crippen molar-refractivity contribution in [3.8, 4) is 12.3 Å². The van der Waals surface area contributed by atoms with E-state index in [1.165, 1.54) is 0 Å². The third-order valence-electron chi connectivity index (χ3n) is 2.57. The number of H-pyrrole nitrogens is 1. The number of nitrogens with zero attached hydrogens (tertiary/aromatic N) is 3. The summed E-state index contributed by atoms with van der Waals surface area (Å²) in [5, 5.41) is 4.38. The van der Waals surface area contributed by atoms with Crippen molar-refractivity contribution < 1.29 is 0 Å². The zero-order valence-corrected chi connectivity index (χ0v) is 11.5. The van der Waals surface area contributed by atoms with Gasteiger partial charge < -0.3 is 9.55 Å². The lowest BCUT2D eigenvalue weighted by molar-refractivity contribution is 0.704. The largest absolute Gasteiger partial charge is 0.328 e. The van der Waals surface area contributed by atoms with Gasteiger partial charge in [0.05, 0.1) is 11.4 Å². The molecule has 0 spiro atoms. The zero-order valence-electron chi connectivity index (χ0n) is 9.86.